The molecule has 3 aromatic rings. The van der Waals surface area contributed by atoms with Crippen LogP contribution in [0.4, 0.5) is 0 Å². The van der Waals surface area contributed by atoms with E-state index in [2.05, 4.69) is 4.98 Å². The maximum atomic E-state index is 13.3. The van der Waals surface area contributed by atoms with E-state index in [9.17, 15) is 14.7 Å². The number of carbonyl (C=O) groups excluding carboxylic acids is 2. The number of Topliss-reactive ketones (excluding diaryl/α,β-unsaturated/α-hetero) is 1. The molecule has 1 N–H and O–H groups in total. The molecule has 1 saturated heterocycles. The fourth-order valence-corrected chi connectivity index (χ4v) is 4.49. The zero-order chi connectivity index (χ0) is 26.4. The number of aliphatic hydroxyl groups is 1. The van der Waals surface area contributed by atoms with Gasteiger partial charge in [0.15, 0.2) is 11.5 Å². The highest BCUT2D eigenvalue weighted by Crippen LogP contribution is 2.45. The number of likely N-dealkylation sites (tertiary alicyclic amines) is 1. The average Bonchev–Trinajstić information content (AvgIpc) is 3.53. The summed E-state index contributed by atoms with van der Waals surface area (Å²) in [5.41, 5.74) is 0.960. The van der Waals surface area contributed by atoms with Crippen molar-refractivity contribution in [3.63, 3.8) is 0 Å². The Bertz CT molecular complexity index is 1270. The number of carbonyl (C=O) groups is 2. The van der Waals surface area contributed by atoms with E-state index in [-0.39, 0.29) is 17.9 Å². The van der Waals surface area contributed by atoms with Gasteiger partial charge in [-0.3, -0.25) is 9.59 Å². The monoisotopic (exact) mass is 505 g/mol. The predicted octanol–water partition coefficient (Wildman–Crippen LogP) is 4.20. The number of aryl methyl sites for hydroxylation is 1. The summed E-state index contributed by atoms with van der Waals surface area (Å²) in [6.07, 6.45) is 6.67. The number of ketones is 1. The first-order valence-electron chi connectivity index (χ1n) is 12.2. The van der Waals surface area contributed by atoms with Crippen LogP contribution in [-0.2, 0) is 16.1 Å². The smallest absolute Gasteiger partial charge is 0.295 e. The number of ether oxygens (including phenoxy) is 3. The maximum Gasteiger partial charge on any atom is 0.295 e. The molecule has 1 aromatic heterocycles. The number of para-hydroxylation sites is 1. The molecule has 9 nitrogen and oxygen atoms in total. The lowest BCUT2D eigenvalue weighted by Crippen LogP contribution is -2.31. The topological polar surface area (TPSA) is 103 Å². The second-order valence-electron chi connectivity index (χ2n) is 8.60. The first kappa shape index (κ1) is 25.8. The van der Waals surface area contributed by atoms with E-state index in [1.54, 1.807) is 55.0 Å². The first-order valence-corrected chi connectivity index (χ1v) is 12.2. The van der Waals surface area contributed by atoms with Crippen LogP contribution in [0.3, 0.4) is 0 Å². The van der Waals surface area contributed by atoms with E-state index >= 15 is 0 Å². The second kappa shape index (κ2) is 11.6. The molecule has 1 amide bonds. The van der Waals surface area contributed by atoms with Crippen molar-refractivity contribution in [1.82, 2.24) is 14.5 Å². The highest BCUT2D eigenvalue weighted by Gasteiger charge is 2.47. The van der Waals surface area contributed by atoms with Crippen LogP contribution in [0, 0.1) is 0 Å². The molecule has 2 aromatic carbocycles. The van der Waals surface area contributed by atoms with Gasteiger partial charge in [0, 0.05) is 36.6 Å². The molecule has 4 rings (SSSR count). The van der Waals surface area contributed by atoms with Crippen LogP contribution in [0.1, 0.15) is 36.9 Å². The van der Waals surface area contributed by atoms with Crippen molar-refractivity contribution in [2.24, 2.45) is 0 Å². The number of amides is 1. The number of rotatable bonds is 11. The van der Waals surface area contributed by atoms with Crippen molar-refractivity contribution in [3.05, 3.63) is 77.9 Å². The Morgan fingerprint density at radius 1 is 1.05 bits per heavy atom. The molecule has 2 heterocycles. The van der Waals surface area contributed by atoms with Gasteiger partial charge in [-0.15, -0.1) is 0 Å². The third-order valence-corrected chi connectivity index (χ3v) is 6.24. The summed E-state index contributed by atoms with van der Waals surface area (Å²) in [5.74, 6) is -0.171. The lowest BCUT2D eigenvalue weighted by atomic mass is 9.94. The zero-order valence-corrected chi connectivity index (χ0v) is 21.2. The Hall–Kier alpha value is -4.27. The summed E-state index contributed by atoms with van der Waals surface area (Å²) >= 11 is 0. The normalized spacial score (nSPS) is 16.7. The summed E-state index contributed by atoms with van der Waals surface area (Å²) in [5, 5.41) is 11.3. The molecule has 0 saturated carbocycles. The number of hydrogen-bond acceptors (Lipinski definition) is 7. The molecule has 1 fully saturated rings. The summed E-state index contributed by atoms with van der Waals surface area (Å²) < 4.78 is 18.6. The van der Waals surface area contributed by atoms with Gasteiger partial charge in [0.1, 0.15) is 11.5 Å². The van der Waals surface area contributed by atoms with Gasteiger partial charge < -0.3 is 28.8 Å². The Morgan fingerprint density at radius 3 is 2.49 bits per heavy atom. The van der Waals surface area contributed by atoms with Crippen LogP contribution >= 0.6 is 0 Å². The van der Waals surface area contributed by atoms with E-state index in [1.165, 1.54) is 19.1 Å². The molecular weight excluding hydrogens is 474 g/mol. The van der Waals surface area contributed by atoms with Crippen LogP contribution in [0.15, 0.2) is 66.8 Å². The summed E-state index contributed by atoms with van der Waals surface area (Å²) in [7, 11) is 3.02. The van der Waals surface area contributed by atoms with Gasteiger partial charge in [-0.1, -0.05) is 19.1 Å². The fourth-order valence-electron chi connectivity index (χ4n) is 4.49. The third kappa shape index (κ3) is 5.30. The number of benzene rings is 2. The second-order valence-corrected chi connectivity index (χ2v) is 8.60. The van der Waals surface area contributed by atoms with E-state index in [4.69, 9.17) is 14.2 Å². The summed E-state index contributed by atoms with van der Waals surface area (Å²) in [6.45, 7) is 3.49. The SMILES string of the molecule is CCCOc1ccc(/C(O)=C2\C(=O)C(=O)N(CCCn3ccnc3)[C@H]2c2cccc(OC)c2OC)cc1. The minimum atomic E-state index is -0.858. The molecular formula is C28H31N3O6. The van der Waals surface area contributed by atoms with Crippen molar-refractivity contribution in [2.75, 3.05) is 27.4 Å². The van der Waals surface area contributed by atoms with E-state index in [1.807, 2.05) is 17.7 Å². The minimum Gasteiger partial charge on any atom is -0.507 e. The molecule has 0 aliphatic carbocycles. The van der Waals surface area contributed by atoms with Crippen molar-refractivity contribution in [2.45, 2.75) is 32.4 Å². The highest BCUT2D eigenvalue weighted by atomic mass is 16.5. The molecule has 1 atom stereocenters. The lowest BCUT2D eigenvalue weighted by Gasteiger charge is -2.27. The van der Waals surface area contributed by atoms with Crippen molar-refractivity contribution in [3.8, 4) is 17.2 Å². The standard InChI is InChI=1S/C28H31N3O6/c1-4-17-37-20-11-9-19(10-12-20)25(32)23-24(21-7-5-8-22(35-2)27(21)36-3)31(28(34)26(23)33)15-6-14-30-16-13-29-18-30/h5,7-13,16,18,24,32H,4,6,14-15,17H2,1-3H3/b25-23+/t24-/m0/s1. The molecule has 0 unspecified atom stereocenters. The Balaban J connectivity index is 1.77. The van der Waals surface area contributed by atoms with Crippen molar-refractivity contribution in [1.29, 1.82) is 0 Å². The van der Waals surface area contributed by atoms with Crippen LogP contribution < -0.4 is 14.2 Å². The van der Waals surface area contributed by atoms with Gasteiger partial charge >= 0.3 is 0 Å². The molecule has 0 radical (unpaired) electrons. The van der Waals surface area contributed by atoms with Crippen molar-refractivity contribution >= 4 is 17.4 Å². The van der Waals surface area contributed by atoms with Crippen LogP contribution in [0.25, 0.3) is 5.76 Å². The average molecular weight is 506 g/mol. The largest absolute Gasteiger partial charge is 0.507 e. The van der Waals surface area contributed by atoms with Crippen LogP contribution in [-0.4, -0.2) is 58.6 Å². The van der Waals surface area contributed by atoms with E-state index in [0.717, 1.165) is 6.42 Å². The number of nitrogens with zero attached hydrogens (tertiary/aromatic N) is 3. The zero-order valence-electron chi connectivity index (χ0n) is 21.2. The van der Waals surface area contributed by atoms with Gasteiger partial charge in [0.25, 0.3) is 11.7 Å². The minimum absolute atomic E-state index is 0.00131. The van der Waals surface area contributed by atoms with Gasteiger partial charge in [-0.2, -0.15) is 0 Å². The molecule has 194 valence electrons. The highest BCUT2D eigenvalue weighted by molar-refractivity contribution is 6.46. The molecule has 9 heteroatoms. The van der Waals surface area contributed by atoms with Gasteiger partial charge in [0.2, 0.25) is 0 Å². The first-order chi connectivity index (χ1) is 18.0. The van der Waals surface area contributed by atoms with E-state index < -0.39 is 17.7 Å². The van der Waals surface area contributed by atoms with Crippen LogP contribution in [0.2, 0.25) is 0 Å². The number of hydrogen-bond donors (Lipinski definition) is 1. The van der Waals surface area contributed by atoms with Gasteiger partial charge in [0.05, 0.1) is 38.8 Å². The number of aromatic nitrogens is 2. The van der Waals surface area contributed by atoms with Crippen LogP contribution in [0.5, 0.6) is 17.2 Å². The summed E-state index contributed by atoms with van der Waals surface area (Å²) in [4.78, 5) is 32.2. The lowest BCUT2D eigenvalue weighted by molar-refractivity contribution is -0.140. The van der Waals surface area contributed by atoms with E-state index in [0.29, 0.717) is 47.9 Å². The van der Waals surface area contributed by atoms with Gasteiger partial charge in [-0.05, 0) is 43.2 Å². The molecule has 37 heavy (non-hydrogen) atoms. The third-order valence-electron chi connectivity index (χ3n) is 6.24. The predicted molar refractivity (Wildman–Crippen MR) is 138 cm³/mol. The summed E-state index contributed by atoms with van der Waals surface area (Å²) in [6, 6.07) is 11.2. The number of aliphatic hydroxyl groups excluding tert-OH is 1. The molecule has 0 spiro atoms. The quantitative estimate of drug-likeness (QED) is 0.237. The van der Waals surface area contributed by atoms with Crippen molar-refractivity contribution < 1.29 is 28.9 Å². The van der Waals surface area contributed by atoms with Gasteiger partial charge in [-0.25, -0.2) is 4.98 Å². The molecule has 1 aliphatic heterocycles. The maximum absolute atomic E-state index is 13.3. The molecule has 1 aliphatic rings. The Kier molecular flexibility index (Phi) is 8.12. The Labute approximate surface area is 215 Å². The Morgan fingerprint density at radius 2 is 1.84 bits per heavy atom. The molecule has 0 bridgehead atoms. The number of imidazole rings is 1. The number of methoxy groups -OCH3 is 2. The fraction of sp³-hybridized carbons (Fsp3) is 0.321.